The second-order valence-electron chi connectivity index (χ2n) is 11.2. The molecule has 4 heterocycles. The minimum Gasteiger partial charge on any atom is -0.396 e. The minimum absolute atomic E-state index is 0.0315. The number of anilines is 1. The number of imidazole rings is 1. The van der Waals surface area contributed by atoms with Gasteiger partial charge in [-0.15, -0.1) is 0 Å². The van der Waals surface area contributed by atoms with Crippen molar-refractivity contribution in [3.63, 3.8) is 0 Å². The van der Waals surface area contributed by atoms with Gasteiger partial charge in [-0.05, 0) is 73.9 Å². The van der Waals surface area contributed by atoms with Crippen molar-refractivity contribution in [2.45, 2.75) is 44.6 Å². The zero-order chi connectivity index (χ0) is 26.7. The lowest BCUT2D eigenvalue weighted by atomic mass is 9.93. The van der Waals surface area contributed by atoms with Crippen molar-refractivity contribution < 1.29 is 14.3 Å². The summed E-state index contributed by atoms with van der Waals surface area (Å²) in [6.07, 6.45) is 5.69. The molecule has 0 unspecified atom stereocenters. The van der Waals surface area contributed by atoms with Gasteiger partial charge >= 0.3 is 0 Å². The Bertz CT molecular complexity index is 1580. The summed E-state index contributed by atoms with van der Waals surface area (Å²) in [5.74, 6) is 0.585. The third kappa shape index (κ3) is 4.27. The molecule has 1 saturated carbocycles. The summed E-state index contributed by atoms with van der Waals surface area (Å²) < 4.78 is 17.3. The second kappa shape index (κ2) is 9.45. The Hall–Kier alpha value is -3.78. The lowest BCUT2D eigenvalue weighted by Gasteiger charge is -2.35. The molecule has 39 heavy (non-hydrogen) atoms. The third-order valence-corrected chi connectivity index (χ3v) is 8.68. The maximum Gasteiger partial charge on any atom is 0.273 e. The van der Waals surface area contributed by atoms with Gasteiger partial charge in [0.25, 0.3) is 5.91 Å². The molecule has 7 rings (SSSR count). The lowest BCUT2D eigenvalue weighted by Crippen LogP contribution is -2.39. The van der Waals surface area contributed by atoms with E-state index in [0.717, 1.165) is 50.2 Å². The molecule has 3 aliphatic rings. The molecule has 1 amide bonds. The molecule has 8 heteroatoms. The van der Waals surface area contributed by atoms with Crippen molar-refractivity contribution >= 4 is 17.4 Å². The summed E-state index contributed by atoms with van der Waals surface area (Å²) in [6, 6.07) is 15.4. The first-order valence-corrected chi connectivity index (χ1v) is 13.9. The van der Waals surface area contributed by atoms with Crippen molar-refractivity contribution in [3.05, 3.63) is 83.1 Å². The van der Waals surface area contributed by atoms with Gasteiger partial charge in [0.05, 0.1) is 11.7 Å². The molecule has 1 saturated heterocycles. The van der Waals surface area contributed by atoms with Crippen LogP contribution >= 0.6 is 0 Å². The number of aliphatic hydroxyl groups is 1. The largest absolute Gasteiger partial charge is 0.396 e. The number of fused-ring (bicyclic) bond motifs is 2. The molecule has 2 aromatic carbocycles. The predicted octanol–water partition coefficient (Wildman–Crippen LogP) is 4.99. The fourth-order valence-electron chi connectivity index (χ4n) is 6.24. The Labute approximate surface area is 226 Å². The Morgan fingerprint density at radius 1 is 1.08 bits per heavy atom. The van der Waals surface area contributed by atoms with E-state index in [2.05, 4.69) is 24.0 Å². The van der Waals surface area contributed by atoms with E-state index in [0.29, 0.717) is 35.2 Å². The molecule has 2 aromatic heterocycles. The van der Waals surface area contributed by atoms with Crippen LogP contribution in [0, 0.1) is 11.7 Å². The van der Waals surface area contributed by atoms with Gasteiger partial charge < -0.3 is 14.9 Å². The van der Waals surface area contributed by atoms with Gasteiger partial charge in [-0.3, -0.25) is 9.20 Å². The molecule has 2 aliphatic heterocycles. The first-order chi connectivity index (χ1) is 19.0. The SMILES string of the molecule is C[C@@H]1c2ccccc2CCN1C(=O)c1cc(C2CC2)n2cc(-c3ccc(N4CC[C@H](CO)C4)cc3F)nc2n1. The molecule has 0 spiro atoms. The summed E-state index contributed by atoms with van der Waals surface area (Å²) in [4.78, 5) is 27.2. The van der Waals surface area contributed by atoms with Crippen molar-refractivity contribution in [2.75, 3.05) is 31.1 Å². The van der Waals surface area contributed by atoms with Gasteiger partial charge in [0.15, 0.2) is 0 Å². The standard InChI is InChI=1S/C31H32FN5O2/c1-19-24-5-3-2-4-21(24)11-13-36(19)30(39)27-15-29(22-6-7-22)37-17-28(34-31(37)33-27)25-9-8-23(14-26(25)32)35-12-10-20(16-35)18-38/h2-5,8-9,14-15,17,19-20,22,38H,6-7,10-13,16,18H2,1H3/t19-,20+/m1/s1. The van der Waals surface area contributed by atoms with E-state index in [4.69, 9.17) is 9.97 Å². The van der Waals surface area contributed by atoms with Crippen LogP contribution in [-0.2, 0) is 6.42 Å². The number of halogens is 1. The molecular weight excluding hydrogens is 493 g/mol. The van der Waals surface area contributed by atoms with Gasteiger partial charge in [-0.25, -0.2) is 14.4 Å². The summed E-state index contributed by atoms with van der Waals surface area (Å²) in [5.41, 5.74) is 5.62. The highest BCUT2D eigenvalue weighted by atomic mass is 19.1. The molecule has 1 aliphatic carbocycles. The van der Waals surface area contributed by atoms with E-state index in [1.165, 1.54) is 11.1 Å². The molecule has 200 valence electrons. The van der Waals surface area contributed by atoms with Gasteiger partial charge in [-0.1, -0.05) is 24.3 Å². The van der Waals surface area contributed by atoms with E-state index in [-0.39, 0.29) is 30.3 Å². The molecule has 7 nitrogen and oxygen atoms in total. The summed E-state index contributed by atoms with van der Waals surface area (Å²) in [5, 5.41) is 9.45. The number of rotatable bonds is 5. The lowest BCUT2D eigenvalue weighted by molar-refractivity contribution is 0.0671. The number of aromatic nitrogens is 3. The zero-order valence-corrected chi connectivity index (χ0v) is 22.1. The number of hydrogen-bond donors (Lipinski definition) is 1. The van der Waals surface area contributed by atoms with E-state index >= 15 is 4.39 Å². The number of amides is 1. The molecule has 2 atom stereocenters. The number of hydrogen-bond acceptors (Lipinski definition) is 5. The summed E-state index contributed by atoms with van der Waals surface area (Å²) in [7, 11) is 0. The predicted molar refractivity (Wildman–Crippen MR) is 147 cm³/mol. The van der Waals surface area contributed by atoms with Crippen molar-refractivity contribution in [2.24, 2.45) is 5.92 Å². The first-order valence-electron chi connectivity index (χ1n) is 13.9. The van der Waals surface area contributed by atoms with Crippen LogP contribution in [0.15, 0.2) is 54.7 Å². The van der Waals surface area contributed by atoms with E-state index in [1.54, 1.807) is 12.1 Å². The molecule has 0 radical (unpaired) electrons. The zero-order valence-electron chi connectivity index (χ0n) is 22.1. The van der Waals surface area contributed by atoms with Crippen LogP contribution in [0.5, 0.6) is 0 Å². The number of aliphatic hydroxyl groups excluding tert-OH is 1. The molecule has 2 fully saturated rings. The van der Waals surface area contributed by atoms with E-state index in [1.807, 2.05) is 39.8 Å². The first kappa shape index (κ1) is 24.3. The molecular formula is C31H32FN5O2. The Morgan fingerprint density at radius 3 is 2.69 bits per heavy atom. The van der Waals surface area contributed by atoms with Crippen LogP contribution in [0.2, 0.25) is 0 Å². The monoisotopic (exact) mass is 525 g/mol. The fourth-order valence-corrected chi connectivity index (χ4v) is 6.24. The van der Waals surface area contributed by atoms with Gasteiger partial charge in [0, 0.05) is 55.3 Å². The molecule has 0 bridgehead atoms. The average molecular weight is 526 g/mol. The highest BCUT2D eigenvalue weighted by Gasteiger charge is 2.32. The third-order valence-electron chi connectivity index (χ3n) is 8.68. The van der Waals surface area contributed by atoms with Crippen LogP contribution < -0.4 is 4.90 Å². The molecule has 1 N–H and O–H groups in total. The van der Waals surface area contributed by atoms with Crippen LogP contribution in [0.4, 0.5) is 10.1 Å². The van der Waals surface area contributed by atoms with Gasteiger partial charge in [0.2, 0.25) is 5.78 Å². The van der Waals surface area contributed by atoms with Crippen LogP contribution in [-0.4, -0.2) is 56.5 Å². The van der Waals surface area contributed by atoms with Crippen molar-refractivity contribution in [3.8, 4) is 11.3 Å². The van der Waals surface area contributed by atoms with Crippen molar-refractivity contribution in [1.29, 1.82) is 0 Å². The number of carbonyl (C=O) groups is 1. The van der Waals surface area contributed by atoms with E-state index in [9.17, 15) is 9.90 Å². The average Bonchev–Trinajstić information content (AvgIpc) is 3.52. The Kier molecular flexibility index (Phi) is 5.88. The second-order valence-corrected chi connectivity index (χ2v) is 11.2. The van der Waals surface area contributed by atoms with Gasteiger partial charge in [-0.2, -0.15) is 0 Å². The number of carbonyl (C=O) groups excluding carboxylic acids is 1. The number of nitrogens with zero attached hydrogens (tertiary/aromatic N) is 5. The van der Waals surface area contributed by atoms with Crippen LogP contribution in [0.25, 0.3) is 17.0 Å². The Morgan fingerprint density at radius 2 is 1.92 bits per heavy atom. The van der Waals surface area contributed by atoms with Crippen LogP contribution in [0.3, 0.4) is 0 Å². The maximum atomic E-state index is 15.4. The normalized spacial score (nSPS) is 21.0. The highest BCUT2D eigenvalue weighted by Crippen LogP contribution is 2.41. The van der Waals surface area contributed by atoms with Gasteiger partial charge in [0.1, 0.15) is 11.5 Å². The number of benzene rings is 2. The fraction of sp³-hybridized carbons (Fsp3) is 0.387. The highest BCUT2D eigenvalue weighted by molar-refractivity contribution is 5.93. The van der Waals surface area contributed by atoms with Crippen molar-refractivity contribution in [1.82, 2.24) is 19.3 Å². The van der Waals surface area contributed by atoms with Crippen LogP contribution in [0.1, 0.15) is 65.5 Å². The molecule has 4 aromatic rings. The summed E-state index contributed by atoms with van der Waals surface area (Å²) in [6.45, 7) is 4.42. The van der Waals surface area contributed by atoms with E-state index < -0.39 is 0 Å². The Balaban J connectivity index is 1.22. The topological polar surface area (TPSA) is 74.0 Å². The quantitative estimate of drug-likeness (QED) is 0.397. The smallest absolute Gasteiger partial charge is 0.273 e. The maximum absolute atomic E-state index is 15.4. The minimum atomic E-state index is -0.339. The summed E-state index contributed by atoms with van der Waals surface area (Å²) >= 11 is 0.